The van der Waals surface area contributed by atoms with Crippen LogP contribution < -0.4 is 0 Å². The van der Waals surface area contributed by atoms with Gasteiger partial charge < -0.3 is 9.47 Å². The number of hydrogen-bond donors (Lipinski definition) is 0. The van der Waals surface area contributed by atoms with Gasteiger partial charge in [0.25, 0.3) is 0 Å². The molecular weight excluding hydrogens is 242 g/mol. The van der Waals surface area contributed by atoms with E-state index in [9.17, 15) is 4.79 Å². The van der Waals surface area contributed by atoms with Crippen LogP contribution in [0.4, 0.5) is 4.79 Å². The molecule has 1 aliphatic rings. The summed E-state index contributed by atoms with van der Waals surface area (Å²) in [5.41, 5.74) is -0.731. The summed E-state index contributed by atoms with van der Waals surface area (Å²) in [7, 11) is 0. The van der Waals surface area contributed by atoms with Crippen molar-refractivity contribution in [1.29, 1.82) is 0 Å². The van der Waals surface area contributed by atoms with Crippen molar-refractivity contribution in [3.8, 4) is 0 Å². The number of carbonyl (C=O) groups excluding carboxylic acids is 1. The molecule has 4 nitrogen and oxygen atoms in total. The zero-order chi connectivity index (χ0) is 12.8. The van der Waals surface area contributed by atoms with Crippen LogP contribution in [-0.2, 0) is 9.47 Å². The molecule has 0 radical (unpaired) electrons. The van der Waals surface area contributed by atoms with Gasteiger partial charge in [0.15, 0.2) is 0 Å². The zero-order valence-corrected chi connectivity index (χ0v) is 11.6. The van der Waals surface area contributed by atoms with E-state index < -0.39 is 5.43 Å². The van der Waals surface area contributed by atoms with Gasteiger partial charge in [-0.2, -0.15) is 0 Å². The summed E-state index contributed by atoms with van der Waals surface area (Å²) in [6, 6.07) is 0.553. The zero-order valence-electron chi connectivity index (χ0n) is 10.8. The number of rotatable bonds is 5. The molecule has 1 rings (SSSR count). The molecule has 0 N–H and O–H groups in total. The fourth-order valence-electron chi connectivity index (χ4n) is 2.08. The molecule has 0 aromatic rings. The highest BCUT2D eigenvalue weighted by molar-refractivity contribution is 6.61. The first-order chi connectivity index (χ1) is 7.99. The Morgan fingerprint density at radius 1 is 1.53 bits per heavy atom. The van der Waals surface area contributed by atoms with E-state index in [1.54, 1.807) is 0 Å². The van der Waals surface area contributed by atoms with E-state index in [0.29, 0.717) is 12.6 Å². The van der Waals surface area contributed by atoms with Crippen LogP contribution in [-0.4, -0.2) is 48.8 Å². The Labute approximate surface area is 108 Å². The van der Waals surface area contributed by atoms with Crippen LogP contribution in [0.5, 0.6) is 0 Å². The van der Waals surface area contributed by atoms with Crippen molar-refractivity contribution in [1.82, 2.24) is 4.90 Å². The maximum absolute atomic E-state index is 10.5. The Hall–Kier alpha value is -0.320. The third-order valence-corrected chi connectivity index (χ3v) is 3.16. The number of nitrogens with zero attached hydrogens (tertiary/aromatic N) is 1. The van der Waals surface area contributed by atoms with E-state index in [0.717, 1.165) is 26.1 Å². The molecule has 0 amide bonds. The summed E-state index contributed by atoms with van der Waals surface area (Å²) >= 11 is 5.13. The van der Waals surface area contributed by atoms with Gasteiger partial charge in [0.2, 0.25) is 0 Å². The SMILES string of the molecule is CC(COC(=O)Cl)CC1CN(C(C)C)CCO1. The predicted molar refractivity (Wildman–Crippen MR) is 67.4 cm³/mol. The van der Waals surface area contributed by atoms with Gasteiger partial charge in [0.05, 0.1) is 19.3 Å². The van der Waals surface area contributed by atoms with Gasteiger partial charge in [-0.1, -0.05) is 6.92 Å². The quantitative estimate of drug-likeness (QED) is 0.715. The average molecular weight is 264 g/mol. The smallest absolute Gasteiger partial charge is 0.403 e. The first kappa shape index (κ1) is 14.7. The molecule has 0 spiro atoms. The second-order valence-corrected chi connectivity index (χ2v) is 5.28. The number of halogens is 1. The van der Waals surface area contributed by atoms with Crippen molar-refractivity contribution >= 4 is 17.0 Å². The van der Waals surface area contributed by atoms with Crippen molar-refractivity contribution < 1.29 is 14.3 Å². The van der Waals surface area contributed by atoms with Crippen molar-refractivity contribution in [3.63, 3.8) is 0 Å². The highest BCUT2D eigenvalue weighted by Gasteiger charge is 2.23. The van der Waals surface area contributed by atoms with Crippen LogP contribution in [0.15, 0.2) is 0 Å². The predicted octanol–water partition coefficient (Wildman–Crippen LogP) is 2.50. The van der Waals surface area contributed by atoms with Crippen LogP contribution in [0.25, 0.3) is 0 Å². The summed E-state index contributed by atoms with van der Waals surface area (Å²) in [6.07, 6.45) is 1.13. The van der Waals surface area contributed by atoms with Gasteiger partial charge in [-0.15, -0.1) is 0 Å². The second kappa shape index (κ2) is 7.19. The summed E-state index contributed by atoms with van der Waals surface area (Å²) < 4.78 is 10.5. The van der Waals surface area contributed by atoms with Crippen molar-refractivity contribution in [3.05, 3.63) is 0 Å². The molecule has 2 atom stereocenters. The highest BCUT2D eigenvalue weighted by Crippen LogP contribution is 2.16. The third-order valence-electron chi connectivity index (χ3n) is 3.05. The molecule has 0 aromatic heterocycles. The average Bonchev–Trinajstić information content (AvgIpc) is 2.26. The highest BCUT2D eigenvalue weighted by atomic mass is 35.5. The fraction of sp³-hybridized carbons (Fsp3) is 0.917. The topological polar surface area (TPSA) is 38.8 Å². The summed E-state index contributed by atoms with van der Waals surface area (Å²) in [5, 5.41) is 0. The Morgan fingerprint density at radius 2 is 2.24 bits per heavy atom. The molecule has 1 heterocycles. The molecule has 5 heteroatoms. The lowest BCUT2D eigenvalue weighted by Gasteiger charge is -2.36. The lowest BCUT2D eigenvalue weighted by Crippen LogP contribution is -2.46. The summed E-state index contributed by atoms with van der Waals surface area (Å²) in [4.78, 5) is 12.9. The molecule has 100 valence electrons. The Bertz CT molecular complexity index is 248. The Morgan fingerprint density at radius 3 is 2.82 bits per heavy atom. The van der Waals surface area contributed by atoms with E-state index in [1.165, 1.54) is 0 Å². The lowest BCUT2D eigenvalue weighted by atomic mass is 10.0. The number of ether oxygens (including phenoxy) is 2. The molecule has 2 unspecified atom stereocenters. The van der Waals surface area contributed by atoms with Crippen LogP contribution in [0.3, 0.4) is 0 Å². The largest absolute Gasteiger partial charge is 0.453 e. The molecule has 0 aromatic carbocycles. The first-order valence-electron chi connectivity index (χ1n) is 6.17. The molecule has 1 saturated heterocycles. The number of morpholine rings is 1. The summed E-state index contributed by atoms with van der Waals surface area (Å²) in [6.45, 7) is 9.53. The van der Waals surface area contributed by atoms with E-state index in [2.05, 4.69) is 18.7 Å². The van der Waals surface area contributed by atoms with Gasteiger partial charge in [0, 0.05) is 30.7 Å². The Balaban J connectivity index is 2.28. The standard InChI is InChI=1S/C12H22ClNO3/c1-9(2)14-4-5-16-11(7-14)6-10(3)8-17-12(13)15/h9-11H,4-8H2,1-3H3. The molecule has 0 bridgehead atoms. The van der Waals surface area contributed by atoms with Gasteiger partial charge in [-0.3, -0.25) is 4.90 Å². The van der Waals surface area contributed by atoms with Crippen LogP contribution >= 0.6 is 11.6 Å². The van der Waals surface area contributed by atoms with Crippen LogP contribution in [0.1, 0.15) is 27.2 Å². The molecule has 17 heavy (non-hydrogen) atoms. The van der Waals surface area contributed by atoms with Crippen LogP contribution in [0.2, 0.25) is 0 Å². The van der Waals surface area contributed by atoms with Crippen molar-refractivity contribution in [2.75, 3.05) is 26.3 Å². The molecule has 0 saturated carbocycles. The van der Waals surface area contributed by atoms with Crippen molar-refractivity contribution in [2.24, 2.45) is 5.92 Å². The minimum atomic E-state index is -0.731. The van der Waals surface area contributed by atoms with E-state index in [1.807, 2.05) is 6.92 Å². The second-order valence-electron chi connectivity index (χ2n) is 4.97. The molecule has 1 aliphatic heterocycles. The van der Waals surface area contributed by atoms with Crippen molar-refractivity contribution in [2.45, 2.75) is 39.3 Å². The molecule has 0 aliphatic carbocycles. The Kier molecular flexibility index (Phi) is 6.23. The summed E-state index contributed by atoms with van der Waals surface area (Å²) in [5.74, 6) is 0.273. The van der Waals surface area contributed by atoms with E-state index in [-0.39, 0.29) is 12.0 Å². The first-order valence-corrected chi connectivity index (χ1v) is 6.54. The van der Waals surface area contributed by atoms with Gasteiger partial charge in [-0.25, -0.2) is 4.79 Å². The minimum Gasteiger partial charge on any atom is -0.453 e. The normalized spacial score (nSPS) is 23.7. The molecule has 1 fully saturated rings. The lowest BCUT2D eigenvalue weighted by molar-refractivity contribution is -0.0502. The molecular formula is C12H22ClNO3. The van der Waals surface area contributed by atoms with Gasteiger partial charge in [-0.05, 0) is 26.2 Å². The fourth-order valence-corrected chi connectivity index (χ4v) is 2.14. The number of carbonyl (C=O) groups is 1. The van der Waals surface area contributed by atoms with Gasteiger partial charge in [0.1, 0.15) is 0 Å². The maximum Gasteiger partial charge on any atom is 0.403 e. The monoisotopic (exact) mass is 263 g/mol. The van der Waals surface area contributed by atoms with Gasteiger partial charge >= 0.3 is 5.43 Å². The maximum atomic E-state index is 10.5. The third kappa shape index (κ3) is 5.70. The van der Waals surface area contributed by atoms with E-state index in [4.69, 9.17) is 21.1 Å². The van der Waals surface area contributed by atoms with Crippen LogP contribution in [0, 0.1) is 5.92 Å². The van der Waals surface area contributed by atoms with E-state index >= 15 is 0 Å². The minimum absolute atomic E-state index is 0.232. The number of hydrogen-bond acceptors (Lipinski definition) is 4.